The van der Waals surface area contributed by atoms with Gasteiger partial charge in [0.1, 0.15) is 0 Å². The summed E-state index contributed by atoms with van der Waals surface area (Å²) in [5.41, 5.74) is 5.98. The van der Waals surface area contributed by atoms with E-state index in [1.54, 1.807) is 0 Å². The standard InChI is InChI=1S/C15H28N2O2/c1-11(18)13-5-7-17(8-6-13)15(19)10-12-3-2-4-14(16)9-12/h11-14,18H,2-10,16H2,1H3. The van der Waals surface area contributed by atoms with Crippen LogP contribution in [0.3, 0.4) is 0 Å². The zero-order valence-corrected chi connectivity index (χ0v) is 12.1. The van der Waals surface area contributed by atoms with Crippen LogP contribution < -0.4 is 5.73 Å². The summed E-state index contributed by atoms with van der Waals surface area (Å²) in [6.45, 7) is 3.48. The van der Waals surface area contributed by atoms with E-state index in [0.717, 1.165) is 45.2 Å². The number of amides is 1. The van der Waals surface area contributed by atoms with Gasteiger partial charge in [0.25, 0.3) is 0 Å². The molecule has 3 atom stereocenters. The van der Waals surface area contributed by atoms with Gasteiger partial charge in [-0.15, -0.1) is 0 Å². The molecule has 19 heavy (non-hydrogen) atoms. The molecule has 2 rings (SSSR count). The van der Waals surface area contributed by atoms with Gasteiger partial charge in [0.2, 0.25) is 5.91 Å². The molecule has 0 bridgehead atoms. The van der Waals surface area contributed by atoms with Crippen molar-refractivity contribution in [1.82, 2.24) is 4.90 Å². The summed E-state index contributed by atoms with van der Waals surface area (Å²) in [6, 6.07) is 0.299. The van der Waals surface area contributed by atoms with Gasteiger partial charge in [0.05, 0.1) is 6.10 Å². The monoisotopic (exact) mass is 268 g/mol. The minimum atomic E-state index is -0.242. The van der Waals surface area contributed by atoms with E-state index in [9.17, 15) is 9.90 Å². The van der Waals surface area contributed by atoms with Crippen molar-refractivity contribution >= 4 is 5.91 Å². The van der Waals surface area contributed by atoms with Gasteiger partial charge in [0, 0.05) is 25.6 Å². The Bertz CT molecular complexity index is 299. The molecule has 1 amide bonds. The molecule has 3 N–H and O–H groups in total. The fourth-order valence-corrected chi connectivity index (χ4v) is 3.53. The molecular weight excluding hydrogens is 240 g/mol. The lowest BCUT2D eigenvalue weighted by Gasteiger charge is -2.35. The normalized spacial score (nSPS) is 31.2. The first-order valence-electron chi connectivity index (χ1n) is 7.77. The summed E-state index contributed by atoms with van der Waals surface area (Å²) >= 11 is 0. The maximum atomic E-state index is 12.3. The summed E-state index contributed by atoms with van der Waals surface area (Å²) in [4.78, 5) is 14.3. The molecule has 110 valence electrons. The highest BCUT2D eigenvalue weighted by Gasteiger charge is 2.28. The van der Waals surface area contributed by atoms with Gasteiger partial charge < -0.3 is 15.7 Å². The van der Waals surface area contributed by atoms with Crippen LogP contribution in [-0.4, -0.2) is 41.1 Å². The first-order chi connectivity index (χ1) is 9.06. The van der Waals surface area contributed by atoms with E-state index in [4.69, 9.17) is 5.73 Å². The first kappa shape index (κ1) is 14.8. The van der Waals surface area contributed by atoms with Crippen molar-refractivity contribution < 1.29 is 9.90 Å². The second-order valence-electron chi connectivity index (χ2n) is 6.46. The molecule has 1 aliphatic heterocycles. The van der Waals surface area contributed by atoms with Crippen LogP contribution in [0.1, 0.15) is 51.9 Å². The molecular formula is C15H28N2O2. The number of piperidine rings is 1. The van der Waals surface area contributed by atoms with Gasteiger partial charge in [-0.1, -0.05) is 6.42 Å². The predicted octanol–water partition coefficient (Wildman–Crippen LogP) is 1.51. The van der Waals surface area contributed by atoms with E-state index in [-0.39, 0.29) is 6.10 Å². The van der Waals surface area contributed by atoms with E-state index in [1.807, 2.05) is 11.8 Å². The SMILES string of the molecule is CC(O)C1CCN(C(=O)CC2CCCC(N)C2)CC1. The molecule has 0 radical (unpaired) electrons. The van der Waals surface area contributed by atoms with Gasteiger partial charge in [-0.3, -0.25) is 4.79 Å². The van der Waals surface area contributed by atoms with Gasteiger partial charge >= 0.3 is 0 Å². The van der Waals surface area contributed by atoms with Crippen LogP contribution in [0, 0.1) is 11.8 Å². The van der Waals surface area contributed by atoms with Crippen molar-refractivity contribution in [3.8, 4) is 0 Å². The second kappa shape index (κ2) is 6.71. The summed E-state index contributed by atoms with van der Waals surface area (Å²) in [7, 11) is 0. The molecule has 4 heteroatoms. The van der Waals surface area contributed by atoms with Crippen molar-refractivity contribution in [2.75, 3.05) is 13.1 Å². The van der Waals surface area contributed by atoms with Crippen LogP contribution in [0.5, 0.6) is 0 Å². The van der Waals surface area contributed by atoms with Gasteiger partial charge in [-0.2, -0.15) is 0 Å². The minimum absolute atomic E-state index is 0.242. The molecule has 1 heterocycles. The zero-order chi connectivity index (χ0) is 13.8. The van der Waals surface area contributed by atoms with Crippen molar-refractivity contribution in [1.29, 1.82) is 0 Å². The Hall–Kier alpha value is -0.610. The van der Waals surface area contributed by atoms with E-state index in [2.05, 4.69) is 0 Å². The van der Waals surface area contributed by atoms with E-state index in [1.165, 1.54) is 6.42 Å². The molecule has 3 unspecified atom stereocenters. The average molecular weight is 268 g/mol. The Morgan fingerprint density at radius 1 is 1.32 bits per heavy atom. The number of likely N-dealkylation sites (tertiary alicyclic amines) is 1. The maximum Gasteiger partial charge on any atom is 0.222 e. The Morgan fingerprint density at radius 2 is 2.00 bits per heavy atom. The number of rotatable bonds is 3. The van der Waals surface area contributed by atoms with Crippen molar-refractivity contribution in [3.63, 3.8) is 0 Å². The molecule has 1 aliphatic carbocycles. The molecule has 0 aromatic rings. The van der Waals surface area contributed by atoms with Gasteiger partial charge in [0.15, 0.2) is 0 Å². The second-order valence-corrected chi connectivity index (χ2v) is 6.46. The largest absolute Gasteiger partial charge is 0.393 e. The van der Waals surface area contributed by atoms with Crippen LogP contribution in [0.25, 0.3) is 0 Å². The molecule has 1 saturated carbocycles. The number of hydrogen-bond donors (Lipinski definition) is 2. The van der Waals surface area contributed by atoms with E-state index < -0.39 is 0 Å². The Morgan fingerprint density at radius 3 is 2.58 bits per heavy atom. The number of hydrogen-bond acceptors (Lipinski definition) is 3. The molecule has 2 fully saturated rings. The van der Waals surface area contributed by atoms with E-state index >= 15 is 0 Å². The highest BCUT2D eigenvalue weighted by atomic mass is 16.3. The third-order valence-corrected chi connectivity index (χ3v) is 4.86. The Labute approximate surface area is 116 Å². The van der Waals surface area contributed by atoms with Crippen LogP contribution >= 0.6 is 0 Å². The van der Waals surface area contributed by atoms with E-state index in [0.29, 0.717) is 30.2 Å². The zero-order valence-electron chi connectivity index (χ0n) is 12.1. The highest BCUT2D eigenvalue weighted by Crippen LogP contribution is 2.27. The number of nitrogens with two attached hydrogens (primary N) is 1. The van der Waals surface area contributed by atoms with Crippen LogP contribution in [0.15, 0.2) is 0 Å². The smallest absolute Gasteiger partial charge is 0.222 e. The number of carbonyl (C=O) groups is 1. The summed E-state index contributed by atoms with van der Waals surface area (Å²) in [5.74, 6) is 1.15. The first-order valence-corrected chi connectivity index (χ1v) is 7.77. The lowest BCUT2D eigenvalue weighted by molar-refractivity contribution is -0.134. The fraction of sp³-hybridized carbons (Fsp3) is 0.933. The topological polar surface area (TPSA) is 66.6 Å². The quantitative estimate of drug-likeness (QED) is 0.815. The molecule has 4 nitrogen and oxygen atoms in total. The number of aliphatic hydroxyl groups is 1. The maximum absolute atomic E-state index is 12.3. The van der Waals surface area contributed by atoms with Crippen LogP contribution in [0.2, 0.25) is 0 Å². The fourth-order valence-electron chi connectivity index (χ4n) is 3.53. The lowest BCUT2D eigenvalue weighted by atomic mass is 9.83. The third kappa shape index (κ3) is 4.18. The molecule has 2 aliphatic rings. The molecule has 0 aromatic heterocycles. The van der Waals surface area contributed by atoms with Crippen molar-refractivity contribution in [2.45, 2.75) is 64.0 Å². The summed E-state index contributed by atoms with van der Waals surface area (Å²) in [6.07, 6.45) is 6.76. The Kier molecular flexibility index (Phi) is 5.22. The summed E-state index contributed by atoms with van der Waals surface area (Å²) in [5, 5.41) is 9.57. The number of aliphatic hydroxyl groups excluding tert-OH is 1. The number of carbonyl (C=O) groups excluding carboxylic acids is 1. The van der Waals surface area contributed by atoms with Crippen LogP contribution in [-0.2, 0) is 4.79 Å². The van der Waals surface area contributed by atoms with Crippen molar-refractivity contribution in [3.05, 3.63) is 0 Å². The molecule has 0 aromatic carbocycles. The number of nitrogens with zero attached hydrogens (tertiary/aromatic N) is 1. The summed E-state index contributed by atoms with van der Waals surface area (Å²) < 4.78 is 0. The molecule has 1 saturated heterocycles. The van der Waals surface area contributed by atoms with Crippen LogP contribution in [0.4, 0.5) is 0 Å². The predicted molar refractivity (Wildman–Crippen MR) is 75.5 cm³/mol. The van der Waals surface area contributed by atoms with Gasteiger partial charge in [-0.05, 0) is 50.9 Å². The van der Waals surface area contributed by atoms with Gasteiger partial charge in [-0.25, -0.2) is 0 Å². The lowest BCUT2D eigenvalue weighted by Crippen LogP contribution is -2.42. The molecule has 0 spiro atoms. The average Bonchev–Trinajstić information content (AvgIpc) is 2.39. The van der Waals surface area contributed by atoms with Crippen molar-refractivity contribution in [2.24, 2.45) is 17.6 Å². The Balaban J connectivity index is 1.75. The third-order valence-electron chi connectivity index (χ3n) is 4.86. The highest BCUT2D eigenvalue weighted by molar-refractivity contribution is 5.76. The minimum Gasteiger partial charge on any atom is -0.393 e.